The highest BCUT2D eigenvalue weighted by atomic mass is 32.1. The van der Waals surface area contributed by atoms with Gasteiger partial charge in [0, 0.05) is 0 Å². The van der Waals surface area contributed by atoms with E-state index in [0.29, 0.717) is 10.2 Å². The molecule has 2 heterocycles. The summed E-state index contributed by atoms with van der Waals surface area (Å²) in [5, 5.41) is 17.3. The van der Waals surface area contributed by atoms with Crippen molar-refractivity contribution in [1.29, 1.82) is 5.26 Å². The molecule has 0 bridgehead atoms. The SMILES string of the molecule is Cc1c(-c2ccc(C#N)c(=S)[nH]2)nnn1-c1ccccc1. The molecule has 0 aliphatic heterocycles. The van der Waals surface area contributed by atoms with Crippen LogP contribution in [0.2, 0.25) is 0 Å². The Balaban J connectivity index is 2.10. The van der Waals surface area contributed by atoms with E-state index in [2.05, 4.69) is 15.3 Å². The number of hydrogen-bond acceptors (Lipinski definition) is 4. The summed E-state index contributed by atoms with van der Waals surface area (Å²) in [4.78, 5) is 3.03. The van der Waals surface area contributed by atoms with Crippen molar-refractivity contribution in [2.75, 3.05) is 0 Å². The average molecular weight is 293 g/mol. The standard InChI is InChI=1S/C15H11N5S/c1-10-14(13-8-7-11(9-16)15(21)17-13)18-19-20(10)12-5-3-2-4-6-12/h2-8H,1H3,(H,17,21). The van der Waals surface area contributed by atoms with Crippen molar-refractivity contribution in [3.05, 3.63) is 58.4 Å². The number of nitrogens with zero attached hydrogens (tertiary/aromatic N) is 4. The quantitative estimate of drug-likeness (QED) is 0.737. The molecule has 0 aliphatic rings. The molecule has 0 saturated carbocycles. The predicted octanol–water partition coefficient (Wildman–Crippen LogP) is 3.17. The molecule has 0 amide bonds. The van der Waals surface area contributed by atoms with Gasteiger partial charge in [-0.3, -0.25) is 0 Å². The van der Waals surface area contributed by atoms with E-state index in [4.69, 9.17) is 17.5 Å². The molecule has 1 N–H and O–H groups in total. The number of hydrogen-bond donors (Lipinski definition) is 1. The molecule has 2 aromatic heterocycles. The van der Waals surface area contributed by atoms with Gasteiger partial charge >= 0.3 is 0 Å². The topological polar surface area (TPSA) is 70.3 Å². The zero-order chi connectivity index (χ0) is 14.8. The van der Waals surface area contributed by atoms with Gasteiger partial charge in [0.05, 0.1) is 22.6 Å². The fraction of sp³-hybridized carbons (Fsp3) is 0.0667. The number of nitrogens with one attached hydrogen (secondary N) is 1. The minimum atomic E-state index is 0.406. The summed E-state index contributed by atoms with van der Waals surface area (Å²) in [6, 6.07) is 15.3. The van der Waals surface area contributed by atoms with E-state index in [1.807, 2.05) is 43.3 Å². The molecule has 102 valence electrons. The fourth-order valence-electron chi connectivity index (χ4n) is 2.09. The first-order valence-corrected chi connectivity index (χ1v) is 6.73. The van der Waals surface area contributed by atoms with Crippen LogP contribution in [0, 0.1) is 22.9 Å². The largest absolute Gasteiger partial charge is 0.344 e. The first-order chi connectivity index (χ1) is 10.2. The van der Waals surface area contributed by atoms with Crippen LogP contribution in [0.4, 0.5) is 0 Å². The molecule has 0 aliphatic carbocycles. The maximum atomic E-state index is 8.92. The van der Waals surface area contributed by atoms with Crippen molar-refractivity contribution >= 4 is 12.2 Å². The molecule has 0 fully saturated rings. The Labute approximate surface area is 126 Å². The Bertz CT molecular complexity index is 886. The van der Waals surface area contributed by atoms with Gasteiger partial charge in [0.2, 0.25) is 0 Å². The van der Waals surface area contributed by atoms with Crippen LogP contribution in [-0.2, 0) is 0 Å². The highest BCUT2D eigenvalue weighted by Crippen LogP contribution is 2.21. The Kier molecular flexibility index (Phi) is 3.34. The number of rotatable bonds is 2. The number of benzene rings is 1. The lowest BCUT2D eigenvalue weighted by Crippen LogP contribution is -1.98. The molecule has 6 heteroatoms. The minimum absolute atomic E-state index is 0.406. The van der Waals surface area contributed by atoms with Crippen LogP contribution in [0.5, 0.6) is 0 Å². The molecular formula is C15H11N5S. The maximum Gasteiger partial charge on any atom is 0.132 e. The van der Waals surface area contributed by atoms with Crippen molar-refractivity contribution in [3.63, 3.8) is 0 Å². The highest BCUT2D eigenvalue weighted by molar-refractivity contribution is 7.71. The Hall–Kier alpha value is -2.78. The van der Waals surface area contributed by atoms with Crippen molar-refractivity contribution in [2.24, 2.45) is 0 Å². The van der Waals surface area contributed by atoms with E-state index in [1.165, 1.54) is 0 Å². The molecule has 1 aromatic carbocycles. The van der Waals surface area contributed by atoms with E-state index in [9.17, 15) is 0 Å². The average Bonchev–Trinajstić information content (AvgIpc) is 2.90. The summed E-state index contributed by atoms with van der Waals surface area (Å²) >= 11 is 5.15. The lowest BCUT2D eigenvalue weighted by Gasteiger charge is -2.03. The van der Waals surface area contributed by atoms with Crippen LogP contribution in [-0.4, -0.2) is 20.0 Å². The smallest absolute Gasteiger partial charge is 0.132 e. The monoisotopic (exact) mass is 293 g/mol. The van der Waals surface area contributed by atoms with Crippen molar-refractivity contribution in [1.82, 2.24) is 20.0 Å². The van der Waals surface area contributed by atoms with E-state index in [-0.39, 0.29) is 0 Å². The van der Waals surface area contributed by atoms with Gasteiger partial charge < -0.3 is 4.98 Å². The second-order valence-electron chi connectivity index (χ2n) is 4.50. The van der Waals surface area contributed by atoms with Crippen molar-refractivity contribution in [3.8, 4) is 23.1 Å². The van der Waals surface area contributed by atoms with Gasteiger partial charge in [-0.05, 0) is 31.2 Å². The molecule has 5 nitrogen and oxygen atoms in total. The molecule has 0 atom stereocenters. The van der Waals surface area contributed by atoms with Crippen LogP contribution in [0.25, 0.3) is 17.1 Å². The third-order valence-corrected chi connectivity index (χ3v) is 3.50. The van der Waals surface area contributed by atoms with Crippen LogP contribution < -0.4 is 0 Å². The molecular weight excluding hydrogens is 282 g/mol. The van der Waals surface area contributed by atoms with Crippen molar-refractivity contribution < 1.29 is 0 Å². The maximum absolute atomic E-state index is 8.92. The molecule has 21 heavy (non-hydrogen) atoms. The van der Waals surface area contributed by atoms with Crippen LogP contribution in [0.1, 0.15) is 11.3 Å². The summed E-state index contributed by atoms with van der Waals surface area (Å²) in [5.74, 6) is 0. The van der Waals surface area contributed by atoms with Crippen molar-refractivity contribution in [2.45, 2.75) is 6.92 Å². The van der Waals surface area contributed by atoms with Gasteiger partial charge in [-0.1, -0.05) is 35.6 Å². The van der Waals surface area contributed by atoms with Crippen LogP contribution >= 0.6 is 12.2 Å². The van der Waals surface area contributed by atoms with Crippen LogP contribution in [0.3, 0.4) is 0 Å². The minimum Gasteiger partial charge on any atom is -0.344 e. The van der Waals surface area contributed by atoms with E-state index < -0.39 is 0 Å². The summed E-state index contributed by atoms with van der Waals surface area (Å²) in [7, 11) is 0. The first-order valence-electron chi connectivity index (χ1n) is 6.32. The lowest BCUT2D eigenvalue weighted by molar-refractivity contribution is 0.785. The lowest BCUT2D eigenvalue weighted by atomic mass is 10.2. The highest BCUT2D eigenvalue weighted by Gasteiger charge is 2.12. The van der Waals surface area contributed by atoms with E-state index >= 15 is 0 Å². The van der Waals surface area contributed by atoms with Gasteiger partial charge in [0.1, 0.15) is 16.4 Å². The number of aromatic nitrogens is 4. The van der Waals surface area contributed by atoms with Gasteiger partial charge in [0.15, 0.2) is 0 Å². The summed E-state index contributed by atoms with van der Waals surface area (Å²) in [6.45, 7) is 1.94. The van der Waals surface area contributed by atoms with Gasteiger partial charge in [-0.15, -0.1) is 5.10 Å². The Morgan fingerprint density at radius 2 is 1.95 bits per heavy atom. The second-order valence-corrected chi connectivity index (χ2v) is 4.91. The number of aromatic amines is 1. The molecule has 3 rings (SSSR count). The number of nitriles is 1. The first kappa shape index (κ1) is 13.2. The molecule has 0 unspecified atom stereocenters. The number of pyridine rings is 1. The van der Waals surface area contributed by atoms with E-state index in [1.54, 1.807) is 16.8 Å². The zero-order valence-electron chi connectivity index (χ0n) is 11.2. The Morgan fingerprint density at radius 1 is 1.19 bits per heavy atom. The molecule has 0 saturated heterocycles. The predicted molar refractivity (Wildman–Crippen MR) is 81.4 cm³/mol. The summed E-state index contributed by atoms with van der Waals surface area (Å²) in [6.07, 6.45) is 0. The van der Waals surface area contributed by atoms with E-state index in [0.717, 1.165) is 22.8 Å². The molecule has 3 aromatic rings. The van der Waals surface area contributed by atoms with Gasteiger partial charge in [-0.25, -0.2) is 4.68 Å². The normalized spacial score (nSPS) is 10.3. The third kappa shape index (κ3) is 2.35. The zero-order valence-corrected chi connectivity index (χ0v) is 12.1. The Morgan fingerprint density at radius 3 is 2.62 bits per heavy atom. The summed E-state index contributed by atoms with van der Waals surface area (Å²) in [5.41, 5.74) is 3.76. The van der Waals surface area contributed by atoms with Crippen LogP contribution in [0.15, 0.2) is 42.5 Å². The summed E-state index contributed by atoms with van der Waals surface area (Å²) < 4.78 is 2.17. The number of para-hydroxylation sites is 1. The number of H-pyrrole nitrogens is 1. The molecule has 0 spiro atoms. The third-order valence-electron chi connectivity index (χ3n) is 3.18. The van der Waals surface area contributed by atoms with Gasteiger partial charge in [0.25, 0.3) is 0 Å². The van der Waals surface area contributed by atoms with Gasteiger partial charge in [-0.2, -0.15) is 5.26 Å². The molecule has 0 radical (unpaired) electrons. The fourth-order valence-corrected chi connectivity index (χ4v) is 2.32. The second kappa shape index (κ2) is 5.31.